The molecular formula is C7H10FN2. The van der Waals surface area contributed by atoms with E-state index in [-0.39, 0.29) is 11.9 Å². The minimum atomic E-state index is -0.353. The fourth-order valence-electron chi connectivity index (χ4n) is 0.857. The van der Waals surface area contributed by atoms with Crippen molar-refractivity contribution in [2.75, 3.05) is 0 Å². The molecule has 1 aromatic heterocycles. The van der Waals surface area contributed by atoms with E-state index >= 15 is 0 Å². The van der Waals surface area contributed by atoms with Crippen molar-refractivity contribution in [1.29, 1.82) is 0 Å². The molecule has 1 aromatic rings. The Kier molecular flexibility index (Phi) is 1.74. The van der Waals surface area contributed by atoms with Gasteiger partial charge in [0.1, 0.15) is 0 Å². The molecule has 0 aliphatic heterocycles. The number of rotatable bonds is 1. The van der Waals surface area contributed by atoms with Gasteiger partial charge in [-0.05, 0) is 20.8 Å². The second-order valence-electron chi connectivity index (χ2n) is 2.55. The van der Waals surface area contributed by atoms with E-state index in [0.717, 1.165) is 0 Å². The maximum atomic E-state index is 12.6. The Morgan fingerprint density at radius 2 is 2.20 bits per heavy atom. The summed E-state index contributed by atoms with van der Waals surface area (Å²) >= 11 is 0. The predicted molar refractivity (Wildman–Crippen MR) is 36.1 cm³/mol. The fraction of sp³-hybridized carbons (Fsp3) is 0.571. The van der Waals surface area contributed by atoms with E-state index in [2.05, 4.69) is 11.3 Å². The summed E-state index contributed by atoms with van der Waals surface area (Å²) in [5, 5.41) is 3.73. The highest BCUT2D eigenvalue weighted by molar-refractivity contribution is 5.00. The quantitative estimate of drug-likeness (QED) is 0.582. The van der Waals surface area contributed by atoms with Gasteiger partial charge in [0, 0.05) is 6.04 Å². The molecule has 0 fully saturated rings. The third kappa shape index (κ3) is 1.03. The van der Waals surface area contributed by atoms with Crippen LogP contribution in [-0.2, 0) is 0 Å². The maximum Gasteiger partial charge on any atom is 0.173 e. The van der Waals surface area contributed by atoms with Crippen molar-refractivity contribution >= 4 is 0 Å². The van der Waals surface area contributed by atoms with Gasteiger partial charge in [-0.1, -0.05) is 0 Å². The van der Waals surface area contributed by atoms with E-state index in [4.69, 9.17) is 0 Å². The van der Waals surface area contributed by atoms with Gasteiger partial charge in [0.25, 0.3) is 0 Å². The Morgan fingerprint density at radius 3 is 2.40 bits per heavy atom. The van der Waals surface area contributed by atoms with Gasteiger partial charge in [0.15, 0.2) is 12.0 Å². The summed E-state index contributed by atoms with van der Waals surface area (Å²) in [6.45, 7) is 5.60. The van der Waals surface area contributed by atoms with Gasteiger partial charge in [-0.15, -0.1) is 0 Å². The molecule has 2 nitrogen and oxygen atoms in total. The largest absolute Gasteiger partial charge is 0.264 e. The van der Waals surface area contributed by atoms with Crippen molar-refractivity contribution in [3.8, 4) is 0 Å². The van der Waals surface area contributed by atoms with Crippen LogP contribution in [0.2, 0.25) is 0 Å². The topological polar surface area (TPSA) is 17.8 Å². The molecule has 0 aromatic carbocycles. The van der Waals surface area contributed by atoms with E-state index in [1.165, 1.54) is 0 Å². The number of halogens is 1. The van der Waals surface area contributed by atoms with Gasteiger partial charge in [-0.2, -0.15) is 5.10 Å². The summed E-state index contributed by atoms with van der Waals surface area (Å²) in [6, 6.07) is 0.209. The molecule has 0 atom stereocenters. The standard InChI is InChI=1S/C7H10FN2/c1-5(2)10-6(3)7(8)4-9-10/h5H,1-3H3. The SMILES string of the molecule is Cc1c(F)[c]nn1C(C)C. The number of aromatic nitrogens is 2. The van der Waals surface area contributed by atoms with Crippen LogP contribution in [0.1, 0.15) is 25.6 Å². The average molecular weight is 141 g/mol. The van der Waals surface area contributed by atoms with Crippen molar-refractivity contribution < 1.29 is 4.39 Å². The first-order valence-electron chi connectivity index (χ1n) is 3.25. The van der Waals surface area contributed by atoms with Crippen LogP contribution in [-0.4, -0.2) is 9.78 Å². The average Bonchev–Trinajstić information content (AvgIpc) is 2.14. The van der Waals surface area contributed by atoms with Gasteiger partial charge in [0.2, 0.25) is 0 Å². The van der Waals surface area contributed by atoms with Crippen molar-refractivity contribution in [1.82, 2.24) is 9.78 Å². The Hall–Kier alpha value is -0.860. The molecule has 1 rings (SSSR count). The molecule has 0 unspecified atom stereocenters. The Balaban J connectivity index is 3.05. The molecular weight excluding hydrogens is 131 g/mol. The summed E-state index contributed by atoms with van der Waals surface area (Å²) < 4.78 is 14.2. The van der Waals surface area contributed by atoms with Crippen molar-refractivity contribution in [3.63, 3.8) is 0 Å². The van der Waals surface area contributed by atoms with Crippen LogP contribution in [0.5, 0.6) is 0 Å². The molecule has 0 aliphatic rings. The van der Waals surface area contributed by atoms with Crippen LogP contribution < -0.4 is 0 Å². The summed E-state index contributed by atoms with van der Waals surface area (Å²) in [6.07, 6.45) is 2.26. The first-order valence-corrected chi connectivity index (χ1v) is 3.25. The highest BCUT2D eigenvalue weighted by Crippen LogP contribution is 2.09. The first-order chi connectivity index (χ1) is 4.63. The molecule has 1 radical (unpaired) electrons. The molecule has 0 saturated heterocycles. The lowest BCUT2D eigenvalue weighted by Gasteiger charge is -2.06. The molecule has 0 saturated carbocycles. The third-order valence-corrected chi connectivity index (χ3v) is 1.41. The molecule has 0 amide bonds. The van der Waals surface area contributed by atoms with Crippen LogP contribution in [0, 0.1) is 18.9 Å². The molecule has 1 heterocycles. The highest BCUT2D eigenvalue weighted by atomic mass is 19.1. The van der Waals surface area contributed by atoms with Crippen LogP contribution >= 0.6 is 0 Å². The molecule has 0 aliphatic carbocycles. The lowest BCUT2D eigenvalue weighted by Crippen LogP contribution is -2.04. The highest BCUT2D eigenvalue weighted by Gasteiger charge is 2.07. The van der Waals surface area contributed by atoms with Crippen molar-refractivity contribution in [3.05, 3.63) is 17.7 Å². The van der Waals surface area contributed by atoms with E-state index in [0.29, 0.717) is 5.69 Å². The lowest BCUT2D eigenvalue weighted by molar-refractivity contribution is 0.509. The minimum Gasteiger partial charge on any atom is -0.264 e. The Labute approximate surface area is 59.7 Å². The summed E-state index contributed by atoms with van der Waals surface area (Å²) in [5.41, 5.74) is 0.551. The first kappa shape index (κ1) is 7.25. The van der Waals surface area contributed by atoms with Crippen LogP contribution in [0.3, 0.4) is 0 Å². The van der Waals surface area contributed by atoms with E-state index in [1.54, 1.807) is 11.6 Å². The summed E-state index contributed by atoms with van der Waals surface area (Å²) in [4.78, 5) is 0. The smallest absolute Gasteiger partial charge is 0.173 e. The Bertz CT molecular complexity index is 228. The molecule has 0 bridgehead atoms. The number of hydrogen-bond donors (Lipinski definition) is 0. The van der Waals surface area contributed by atoms with Crippen LogP contribution in [0.25, 0.3) is 0 Å². The van der Waals surface area contributed by atoms with Gasteiger partial charge < -0.3 is 0 Å². The van der Waals surface area contributed by atoms with E-state index in [9.17, 15) is 4.39 Å². The van der Waals surface area contributed by atoms with E-state index < -0.39 is 0 Å². The van der Waals surface area contributed by atoms with Crippen molar-refractivity contribution in [2.45, 2.75) is 26.8 Å². The fourth-order valence-corrected chi connectivity index (χ4v) is 0.857. The molecule has 3 heteroatoms. The summed E-state index contributed by atoms with van der Waals surface area (Å²) in [5.74, 6) is -0.353. The molecule has 0 spiro atoms. The zero-order valence-electron chi connectivity index (χ0n) is 6.35. The zero-order chi connectivity index (χ0) is 7.72. The second kappa shape index (κ2) is 2.40. The molecule has 0 N–H and O–H groups in total. The van der Waals surface area contributed by atoms with Gasteiger partial charge in [-0.25, -0.2) is 4.39 Å². The van der Waals surface area contributed by atoms with Crippen LogP contribution in [0.4, 0.5) is 4.39 Å². The second-order valence-corrected chi connectivity index (χ2v) is 2.55. The number of hydrogen-bond acceptors (Lipinski definition) is 1. The number of nitrogens with zero attached hydrogens (tertiary/aromatic N) is 2. The van der Waals surface area contributed by atoms with Crippen molar-refractivity contribution in [2.24, 2.45) is 0 Å². The summed E-state index contributed by atoms with van der Waals surface area (Å²) in [7, 11) is 0. The van der Waals surface area contributed by atoms with Gasteiger partial charge in [0.05, 0.1) is 5.69 Å². The normalized spacial score (nSPS) is 10.9. The monoisotopic (exact) mass is 141 g/mol. The predicted octanol–water partition coefficient (Wildman–Crippen LogP) is 1.71. The lowest BCUT2D eigenvalue weighted by atomic mass is 10.4. The molecule has 55 valence electrons. The maximum absolute atomic E-state index is 12.6. The zero-order valence-corrected chi connectivity index (χ0v) is 6.35. The van der Waals surface area contributed by atoms with E-state index in [1.807, 2.05) is 13.8 Å². The van der Waals surface area contributed by atoms with Gasteiger partial charge in [-0.3, -0.25) is 4.68 Å². The minimum absolute atomic E-state index is 0.209. The van der Waals surface area contributed by atoms with Crippen LogP contribution in [0.15, 0.2) is 0 Å². The van der Waals surface area contributed by atoms with Gasteiger partial charge >= 0.3 is 0 Å². The Morgan fingerprint density at radius 1 is 1.60 bits per heavy atom. The molecule has 10 heavy (non-hydrogen) atoms. The third-order valence-electron chi connectivity index (χ3n) is 1.41.